The number of halogens is 20. The molecule has 15 aromatic rings. The van der Waals surface area contributed by atoms with Crippen molar-refractivity contribution in [2.24, 2.45) is 0 Å². The summed E-state index contributed by atoms with van der Waals surface area (Å²) in [5, 5.41) is 20.9. The van der Waals surface area contributed by atoms with E-state index in [1.165, 1.54) is 125 Å². The predicted molar refractivity (Wildman–Crippen MR) is 459 cm³/mol. The van der Waals surface area contributed by atoms with Crippen molar-refractivity contribution in [3.8, 4) is 33.4 Å². The fraction of sp³-hybridized carbons (Fsp3) is 0.177. The van der Waals surface area contributed by atoms with E-state index in [4.69, 9.17) is 19.7 Å². The number of ether oxygens (including phenoxy) is 2. The Hall–Kier alpha value is -11.5. The molecular formula is C79H56BBr2Cl3F15N14O16PS2U. The van der Waals surface area contributed by atoms with Crippen molar-refractivity contribution in [3.05, 3.63) is 257 Å². The van der Waals surface area contributed by atoms with Crippen molar-refractivity contribution >= 4 is 190 Å². The summed E-state index contributed by atoms with van der Waals surface area (Å²) in [5.41, 5.74) is -7.27. The number of rotatable bonds is 14. The second kappa shape index (κ2) is 43.4. The van der Waals surface area contributed by atoms with Gasteiger partial charge in [-0.05, 0) is 115 Å². The Balaban J connectivity index is 0.000000206. The standard InChI is InChI=1S/C21H15F3N4O3S.C21H13F3N4O3S.C14H7F3N2O4.C11H6BrF3N2O3.C10H6BrF3N2O2.2CH4.BH.Cl3OP.U/c2*22-21(23,24)15-7-14(13-2-5-31-11-13)9-28-16(10-29)17(26-18(15)28)20(30)27-4-1-12(8-27)19-25-3-6-32-19;15-14(16,17)9-3-8(7-1-2-23-6-7)4-19-10(5-20)11(13(21)22)18-12(9)19;1-20-10(19)8-7(4-18)17-3-5(12)2-6(9(17)16-8)11(13,14)15;1-18-9(17)7-4-16-3-5(11)2-6(8(16)15-7)10(12,13)14;;;;1-5(2,3)4;/h1-3,5-7,9,11,29H,4,8,10H2;1-3,5-7,9-11H,4,8H2;1-6H,(H,21,22);2-4H,1H3;2-4H,1H3;2*1H4;1H;;/i;;;;;;;1T;;. The van der Waals surface area contributed by atoms with E-state index in [2.05, 4.69) is 118 Å². The van der Waals surface area contributed by atoms with Crippen LogP contribution >= 0.6 is 93.5 Å². The number of methoxy groups -OCH3 is 2. The third kappa shape index (κ3) is 24.0. The molecule has 2 N–H and O–H groups in total. The molecule has 0 bridgehead atoms. The number of aliphatic hydroxyl groups excluding tert-OH is 1. The van der Waals surface area contributed by atoms with Gasteiger partial charge in [-0.1, -0.05) is 27.0 Å². The maximum absolute atomic E-state index is 13.8. The zero-order valence-electron chi connectivity index (χ0n) is 66.5. The van der Waals surface area contributed by atoms with Gasteiger partial charge in [0, 0.05) is 179 Å². The molecule has 702 valence electrons. The van der Waals surface area contributed by atoms with E-state index in [1.807, 2.05) is 22.9 Å². The van der Waals surface area contributed by atoms with Crippen LogP contribution in [0.3, 0.4) is 0 Å². The second-order valence-electron chi connectivity index (χ2n) is 26.4. The number of amides is 2. The number of fused-ring (bicyclic) bond motifs is 5. The number of esters is 2. The van der Waals surface area contributed by atoms with E-state index in [0.717, 1.165) is 87.7 Å². The quantitative estimate of drug-likeness (QED) is 0.0336. The number of hydrogen-bond donors (Lipinski definition) is 2. The number of thiazole rings is 2. The van der Waals surface area contributed by atoms with Crippen molar-refractivity contribution in [3.63, 3.8) is 0 Å². The summed E-state index contributed by atoms with van der Waals surface area (Å²) >= 11 is 22.6. The first-order chi connectivity index (χ1) is 62.2. The van der Waals surface area contributed by atoms with Crippen molar-refractivity contribution in [2.75, 3.05) is 40.4 Å². The van der Waals surface area contributed by atoms with Crippen molar-refractivity contribution in [1.29, 1.82) is 1.34 Å². The Morgan fingerprint density at radius 3 is 1.22 bits per heavy atom. The number of hydrogen-bond acceptors (Lipinski definition) is 24. The minimum Gasteiger partial charge on any atom is -0.476 e. The molecule has 0 saturated carbocycles. The van der Waals surface area contributed by atoms with Crippen LogP contribution in [-0.2, 0) is 51.5 Å². The number of furan rings is 3. The molecular weight excluding hydrogens is 2300 g/mol. The van der Waals surface area contributed by atoms with Crippen LogP contribution in [0, 0.1) is 31.1 Å². The van der Waals surface area contributed by atoms with Gasteiger partial charge in [-0.25, -0.2) is 49.3 Å². The van der Waals surface area contributed by atoms with Crippen molar-refractivity contribution < 1.29 is 173 Å². The summed E-state index contributed by atoms with van der Waals surface area (Å²) in [6.07, 6.45) is -0.198. The van der Waals surface area contributed by atoms with Crippen molar-refractivity contribution in [1.82, 2.24) is 66.7 Å². The summed E-state index contributed by atoms with van der Waals surface area (Å²) in [5.74, 6) is -4.55. The second-order valence-corrected chi connectivity index (χ2v) is 36.6. The molecule has 0 atom stereocenters. The van der Waals surface area contributed by atoms with Crippen LogP contribution in [0.4, 0.5) is 65.9 Å². The number of carbonyl (C=O) groups is 8. The van der Waals surface area contributed by atoms with Gasteiger partial charge in [0.2, 0.25) is 0 Å². The molecule has 2 aliphatic heterocycles. The minimum absolute atomic E-state index is 0. The van der Waals surface area contributed by atoms with E-state index >= 15 is 0 Å². The van der Waals surface area contributed by atoms with Crippen LogP contribution in [0.15, 0.2) is 181 Å². The Labute approximate surface area is 807 Å². The number of alkyl halides is 15. The van der Waals surface area contributed by atoms with E-state index in [0.29, 0.717) is 23.0 Å². The van der Waals surface area contributed by atoms with Crippen LogP contribution in [-0.4, -0.2) is 176 Å². The summed E-state index contributed by atoms with van der Waals surface area (Å²) in [6, 6.07) is 8.90. The first-order valence-electron chi connectivity index (χ1n) is 36.1. The maximum Gasteiger partial charge on any atom is 0.420 e. The number of aldehydes is 3. The van der Waals surface area contributed by atoms with Gasteiger partial charge < -0.3 is 47.1 Å². The van der Waals surface area contributed by atoms with Crippen LogP contribution < -0.4 is 0 Å². The molecule has 0 aliphatic carbocycles. The topological polar surface area (TPSA) is 371 Å². The largest absolute Gasteiger partial charge is 0.476 e. The third-order valence-corrected chi connectivity index (χ3v) is 20.9. The average molecular weight is 2350 g/mol. The fourth-order valence-corrected chi connectivity index (χ4v) is 15.0. The normalized spacial score (nSPS) is 12.7. The summed E-state index contributed by atoms with van der Waals surface area (Å²) < 4.78 is 244. The smallest absolute Gasteiger partial charge is 0.420 e. The number of carboxylic acids is 1. The van der Waals surface area contributed by atoms with Gasteiger partial charge in [0.05, 0.1) is 91.9 Å². The monoisotopic (exact) mass is 2350 g/mol. The first-order valence-corrected chi connectivity index (χ1v) is 43.3. The Bertz CT molecular complexity index is 6990. The van der Waals surface area contributed by atoms with Crippen LogP contribution in [0.2, 0.25) is 0 Å². The maximum atomic E-state index is 13.8. The Morgan fingerprint density at radius 1 is 0.507 bits per heavy atom. The molecule has 2 aliphatic rings. The molecule has 17 rings (SSSR count). The molecule has 0 aromatic carbocycles. The fourth-order valence-electron chi connectivity index (χ4n) is 12.7. The van der Waals surface area contributed by atoms with Crippen LogP contribution in [0.1, 0.15) is 142 Å². The van der Waals surface area contributed by atoms with Gasteiger partial charge in [-0.2, -0.15) is 65.9 Å². The van der Waals surface area contributed by atoms with Crippen LogP contribution in [0.5, 0.6) is 0 Å². The molecule has 134 heavy (non-hydrogen) atoms. The van der Waals surface area contributed by atoms with E-state index in [9.17, 15) is 114 Å². The SMILES string of the molecule is C.C.COC(=O)c1cn2cc(Br)cc(C(F)(F)F)c2n1.COC(=O)c1nc2c(C(F)(F)F)cc(Br)cn2c1C=O.O=C(c1nc2c(C(F)(F)F)cc(-c3ccoc3)cn2c1CO)N1CC=C(c2nccs2)C1.O=Cc1c(C(=O)N2CC=C(c3nccs3)C2)nc2c(C(F)(F)F)cc(-c3ccoc3)cn12.O=Cc1c(C(=O)O)nc2c(C(F)(F)F)cc(-c3ccoc3)cn12.O=P(Cl)(Cl)Cl.[3H][B].[U]. The summed E-state index contributed by atoms with van der Waals surface area (Å²) in [7, 11) is 5.93. The molecule has 30 nitrogen and oxygen atoms in total. The Morgan fingerprint density at radius 2 is 0.851 bits per heavy atom. The number of carbonyl (C=O) groups excluding carboxylic acids is 7. The average Bonchev–Trinajstić information content (AvgIpc) is 1.60. The van der Waals surface area contributed by atoms with Gasteiger partial charge in [0.25, 0.3) is 11.8 Å². The number of nitrogens with zero attached hydrogens (tertiary/aromatic N) is 14. The molecule has 17 heterocycles. The van der Waals surface area contributed by atoms with E-state index < -0.39 is 140 Å². The molecule has 0 unspecified atom stereocenters. The first kappa shape index (κ1) is 106. The number of imidazole rings is 5. The van der Waals surface area contributed by atoms with Gasteiger partial charge in [0.1, 0.15) is 38.4 Å². The van der Waals surface area contributed by atoms with E-state index in [-0.39, 0.29) is 150 Å². The Kier molecular flexibility index (Phi) is 34.4. The number of aromatic nitrogens is 12. The number of aromatic carboxylic acids is 1. The van der Waals surface area contributed by atoms with Gasteiger partial charge >= 0.3 is 54.0 Å². The number of pyridine rings is 5. The summed E-state index contributed by atoms with van der Waals surface area (Å²) in [6.45, 7) is 0.350. The molecule has 0 fully saturated rings. The van der Waals surface area contributed by atoms with Crippen molar-refractivity contribution in [2.45, 2.75) is 52.3 Å². The van der Waals surface area contributed by atoms with Gasteiger partial charge in [-0.15, -0.1) is 22.7 Å². The number of aliphatic hydroxyl groups is 1. The molecule has 0 spiro atoms. The molecule has 0 saturated heterocycles. The molecule has 55 heteroatoms. The van der Waals surface area contributed by atoms with E-state index in [1.54, 1.807) is 12.4 Å². The van der Waals surface area contributed by atoms with Gasteiger partial charge in [-0.3, -0.25) is 46.1 Å². The molecule has 2 radical (unpaired) electrons. The van der Waals surface area contributed by atoms with Crippen LogP contribution in [0.25, 0.3) is 72.8 Å². The predicted octanol–water partition coefficient (Wildman–Crippen LogP) is 20.7. The summed E-state index contributed by atoms with van der Waals surface area (Å²) in [4.78, 5) is 124. The van der Waals surface area contributed by atoms with Gasteiger partial charge in [0.15, 0.2) is 64.3 Å². The minimum atomic E-state index is -4.78. The molecule has 15 aromatic heterocycles. The molecule has 2 amide bonds. The number of carboxylic acid groups (broad SMARTS) is 1. The zero-order chi connectivity index (χ0) is 96.8. The zero-order valence-corrected chi connectivity index (χ0v) is 77.7. The third-order valence-electron chi connectivity index (χ3n) is 18.4.